The molecule has 8 heteroatoms. The first-order valence-electron chi connectivity index (χ1n) is 4.89. The molecule has 0 atom stereocenters. The first-order chi connectivity index (χ1) is 8.54. The molecule has 0 aliphatic carbocycles. The average Bonchev–Trinajstić information content (AvgIpc) is 2.33. The van der Waals surface area contributed by atoms with E-state index in [1.54, 1.807) is 0 Å². The number of aromatic hydroxyl groups is 1. The van der Waals surface area contributed by atoms with E-state index in [0.29, 0.717) is 12.1 Å². The molecule has 18 heavy (non-hydrogen) atoms. The maximum atomic E-state index is 11.5. The molecule has 0 spiro atoms. The minimum atomic E-state index is -0.702. The topological polar surface area (TPSA) is 134 Å². The number of carbonyl (C=O) groups excluding carboxylic acids is 3. The molecular formula is C10H12N4O4. The number of benzene rings is 1. The van der Waals surface area contributed by atoms with Crippen LogP contribution in [-0.2, 0) is 9.59 Å². The summed E-state index contributed by atoms with van der Waals surface area (Å²) < 4.78 is 0. The molecule has 0 heterocycles. The van der Waals surface area contributed by atoms with Gasteiger partial charge in [0.2, 0.25) is 6.41 Å². The van der Waals surface area contributed by atoms with Gasteiger partial charge in [-0.2, -0.15) is 0 Å². The molecule has 0 unspecified atom stereocenters. The van der Waals surface area contributed by atoms with E-state index in [-0.39, 0.29) is 17.9 Å². The normalized spacial score (nSPS) is 9.33. The maximum absolute atomic E-state index is 11.5. The van der Waals surface area contributed by atoms with Crippen LogP contribution in [0.1, 0.15) is 10.4 Å². The molecule has 6 N–H and O–H groups in total. The Kier molecular flexibility index (Phi) is 4.50. The van der Waals surface area contributed by atoms with Crippen LogP contribution >= 0.6 is 0 Å². The highest BCUT2D eigenvalue weighted by Crippen LogP contribution is 2.19. The number of hydrogen-bond acceptors (Lipinski definition) is 5. The SMILES string of the molecule is Nc1ccc(C(=O)NNC(=O)CNC=O)c(O)c1. The third-order valence-corrected chi connectivity index (χ3v) is 1.93. The zero-order valence-electron chi connectivity index (χ0n) is 9.27. The highest BCUT2D eigenvalue weighted by Gasteiger charge is 2.11. The van der Waals surface area contributed by atoms with Crippen LogP contribution in [0.15, 0.2) is 18.2 Å². The lowest BCUT2D eigenvalue weighted by molar-refractivity contribution is -0.122. The number of nitrogens with two attached hydrogens (primary N) is 1. The molecule has 0 aromatic heterocycles. The number of phenolic OH excluding ortho intramolecular Hbond substituents is 1. The Labute approximate surface area is 102 Å². The predicted molar refractivity (Wildman–Crippen MR) is 62.2 cm³/mol. The van der Waals surface area contributed by atoms with E-state index in [1.165, 1.54) is 18.2 Å². The molecule has 96 valence electrons. The fourth-order valence-corrected chi connectivity index (χ4v) is 1.11. The molecule has 1 rings (SSSR count). The second-order valence-corrected chi connectivity index (χ2v) is 3.28. The van der Waals surface area contributed by atoms with E-state index in [0.717, 1.165) is 0 Å². The van der Waals surface area contributed by atoms with E-state index < -0.39 is 11.8 Å². The number of anilines is 1. The van der Waals surface area contributed by atoms with Gasteiger partial charge in [-0.05, 0) is 12.1 Å². The van der Waals surface area contributed by atoms with Gasteiger partial charge in [-0.1, -0.05) is 0 Å². The summed E-state index contributed by atoms with van der Waals surface area (Å²) in [5.41, 5.74) is 9.80. The van der Waals surface area contributed by atoms with Crippen molar-refractivity contribution in [3.8, 4) is 5.75 Å². The first-order valence-corrected chi connectivity index (χ1v) is 4.89. The van der Waals surface area contributed by atoms with E-state index >= 15 is 0 Å². The monoisotopic (exact) mass is 252 g/mol. The summed E-state index contributed by atoms with van der Waals surface area (Å²) in [6, 6.07) is 3.96. The fourth-order valence-electron chi connectivity index (χ4n) is 1.11. The molecule has 0 fully saturated rings. The highest BCUT2D eigenvalue weighted by molar-refractivity contribution is 5.98. The molecule has 0 aliphatic heterocycles. The van der Waals surface area contributed by atoms with Gasteiger partial charge < -0.3 is 16.2 Å². The van der Waals surface area contributed by atoms with Crippen LogP contribution < -0.4 is 21.9 Å². The van der Waals surface area contributed by atoms with Crippen LogP contribution in [0.2, 0.25) is 0 Å². The Balaban J connectivity index is 2.55. The second-order valence-electron chi connectivity index (χ2n) is 3.28. The minimum Gasteiger partial charge on any atom is -0.507 e. The van der Waals surface area contributed by atoms with Gasteiger partial charge in [0.25, 0.3) is 11.8 Å². The van der Waals surface area contributed by atoms with Crippen molar-refractivity contribution in [1.82, 2.24) is 16.2 Å². The molecule has 0 aliphatic rings. The van der Waals surface area contributed by atoms with Crippen molar-refractivity contribution < 1.29 is 19.5 Å². The number of phenols is 1. The summed E-state index contributed by atoms with van der Waals surface area (Å²) in [5, 5.41) is 11.6. The van der Waals surface area contributed by atoms with Gasteiger partial charge in [-0.25, -0.2) is 0 Å². The number of nitrogens with one attached hydrogen (secondary N) is 3. The van der Waals surface area contributed by atoms with Crippen LogP contribution in [0.25, 0.3) is 0 Å². The number of rotatable bonds is 4. The van der Waals surface area contributed by atoms with E-state index in [1.807, 2.05) is 0 Å². The Morgan fingerprint density at radius 2 is 2.06 bits per heavy atom. The van der Waals surface area contributed by atoms with Crippen molar-refractivity contribution in [2.24, 2.45) is 0 Å². The van der Waals surface area contributed by atoms with E-state index in [4.69, 9.17) is 5.73 Å². The van der Waals surface area contributed by atoms with Crippen LogP contribution in [-0.4, -0.2) is 29.9 Å². The standard InChI is InChI=1S/C10H12N4O4/c11-6-1-2-7(8(16)3-6)10(18)14-13-9(17)4-12-5-15/h1-3,5,16H,4,11H2,(H,12,15)(H,13,17)(H,14,18). The van der Waals surface area contributed by atoms with Gasteiger partial charge in [-0.3, -0.25) is 25.2 Å². The molecule has 0 bridgehead atoms. The Bertz CT molecular complexity index is 475. The number of carbonyl (C=O) groups is 3. The van der Waals surface area contributed by atoms with Gasteiger partial charge in [-0.15, -0.1) is 0 Å². The fraction of sp³-hybridized carbons (Fsp3) is 0.100. The molecule has 0 saturated carbocycles. The van der Waals surface area contributed by atoms with Gasteiger partial charge in [0.1, 0.15) is 5.75 Å². The summed E-state index contributed by atoms with van der Waals surface area (Å²) in [4.78, 5) is 32.5. The zero-order chi connectivity index (χ0) is 13.5. The summed E-state index contributed by atoms with van der Waals surface area (Å²) >= 11 is 0. The molecule has 1 aromatic rings. The number of hydrazine groups is 1. The van der Waals surface area contributed by atoms with Gasteiger partial charge in [0.15, 0.2) is 0 Å². The Morgan fingerprint density at radius 1 is 1.33 bits per heavy atom. The lowest BCUT2D eigenvalue weighted by Gasteiger charge is -2.08. The third-order valence-electron chi connectivity index (χ3n) is 1.93. The average molecular weight is 252 g/mol. The van der Waals surface area contributed by atoms with Gasteiger partial charge >= 0.3 is 0 Å². The van der Waals surface area contributed by atoms with Gasteiger partial charge in [0, 0.05) is 11.8 Å². The molecule has 1 aromatic carbocycles. The summed E-state index contributed by atoms with van der Waals surface area (Å²) in [5.74, 6) is -1.61. The number of nitrogen functional groups attached to an aromatic ring is 1. The highest BCUT2D eigenvalue weighted by atomic mass is 16.3. The van der Waals surface area contributed by atoms with Crippen LogP contribution in [0.5, 0.6) is 5.75 Å². The van der Waals surface area contributed by atoms with Crippen molar-refractivity contribution in [3.63, 3.8) is 0 Å². The van der Waals surface area contributed by atoms with Crippen LogP contribution in [0.4, 0.5) is 5.69 Å². The molecule has 3 amide bonds. The summed E-state index contributed by atoms with van der Waals surface area (Å²) in [6.45, 7) is -0.266. The van der Waals surface area contributed by atoms with Crippen LogP contribution in [0, 0.1) is 0 Å². The quantitative estimate of drug-likeness (QED) is 0.252. The maximum Gasteiger partial charge on any atom is 0.273 e. The molecule has 8 nitrogen and oxygen atoms in total. The zero-order valence-corrected chi connectivity index (χ0v) is 9.27. The van der Waals surface area contributed by atoms with Crippen molar-refractivity contribution in [3.05, 3.63) is 23.8 Å². The lowest BCUT2D eigenvalue weighted by atomic mass is 10.2. The Hall–Kier alpha value is -2.77. The molecule has 0 saturated heterocycles. The van der Waals surface area contributed by atoms with Gasteiger partial charge in [0.05, 0.1) is 12.1 Å². The van der Waals surface area contributed by atoms with E-state index in [9.17, 15) is 19.5 Å². The smallest absolute Gasteiger partial charge is 0.273 e. The predicted octanol–water partition coefficient (Wildman–Crippen LogP) is -1.52. The van der Waals surface area contributed by atoms with E-state index in [2.05, 4.69) is 16.2 Å². The number of hydrogen-bond donors (Lipinski definition) is 5. The Morgan fingerprint density at radius 3 is 2.67 bits per heavy atom. The largest absolute Gasteiger partial charge is 0.507 e. The molecular weight excluding hydrogens is 240 g/mol. The van der Waals surface area contributed by atoms with Crippen molar-refractivity contribution >= 4 is 23.9 Å². The number of amides is 3. The van der Waals surface area contributed by atoms with Crippen molar-refractivity contribution in [1.29, 1.82) is 0 Å². The summed E-state index contributed by atoms with van der Waals surface area (Å²) in [7, 11) is 0. The lowest BCUT2D eigenvalue weighted by Crippen LogP contribution is -2.45. The minimum absolute atomic E-state index is 0.0344. The van der Waals surface area contributed by atoms with Crippen LogP contribution in [0.3, 0.4) is 0 Å². The third kappa shape index (κ3) is 3.67. The van der Waals surface area contributed by atoms with Crippen molar-refractivity contribution in [2.45, 2.75) is 0 Å². The van der Waals surface area contributed by atoms with Crippen molar-refractivity contribution in [2.75, 3.05) is 12.3 Å². The second kappa shape index (κ2) is 6.09. The summed E-state index contributed by atoms with van der Waals surface area (Å²) in [6.07, 6.45) is 0.354. The first kappa shape index (κ1) is 13.3. The molecule has 0 radical (unpaired) electrons.